The topological polar surface area (TPSA) is 351 Å². The molecule has 10 atom stereocenters. The van der Waals surface area contributed by atoms with E-state index in [9.17, 15) is 58.2 Å². The Balaban J connectivity index is 2.20. The Kier molecular flexibility index (Phi) is 20.2. The van der Waals surface area contributed by atoms with Gasteiger partial charge in [-0.15, -0.1) is 0 Å². The molecule has 1 aromatic carbocycles. The van der Waals surface area contributed by atoms with Gasteiger partial charge in [-0.25, -0.2) is 0 Å². The van der Waals surface area contributed by atoms with Gasteiger partial charge in [0.05, 0.1) is 25.1 Å². The van der Waals surface area contributed by atoms with Gasteiger partial charge in [-0.05, 0) is 50.5 Å². The fourth-order valence-corrected chi connectivity index (χ4v) is 7.39. The number of hydrogen-bond donors (Lipinski definition) is 10. The number of methoxy groups -OCH3 is 1. The molecule has 2 saturated heterocycles. The first-order chi connectivity index (χ1) is 31.0. The predicted molar refractivity (Wildman–Crippen MR) is 234 cm³/mol. The highest BCUT2D eigenvalue weighted by Crippen LogP contribution is 2.25. The maximum atomic E-state index is 14.4. The maximum Gasteiger partial charge on any atom is 0.270 e. The van der Waals surface area contributed by atoms with Crippen LogP contribution in [0.5, 0.6) is 0 Å². The highest BCUT2D eigenvalue weighted by molar-refractivity contribution is 6.02. The molecule has 23 heteroatoms. The number of fused-ring (bicyclic) bond motifs is 1. The summed E-state index contributed by atoms with van der Waals surface area (Å²) in [6, 6.07) is -1.04. The molecule has 1 aromatic rings. The molecule has 364 valence electrons. The van der Waals surface area contributed by atoms with E-state index in [1.165, 1.54) is 21.0 Å². The van der Waals surface area contributed by atoms with E-state index in [1.54, 1.807) is 37.3 Å². The van der Waals surface area contributed by atoms with Crippen molar-refractivity contribution in [2.45, 2.75) is 121 Å². The van der Waals surface area contributed by atoms with Crippen LogP contribution in [0.15, 0.2) is 42.1 Å². The smallest absolute Gasteiger partial charge is 0.270 e. The van der Waals surface area contributed by atoms with Gasteiger partial charge in [-0.3, -0.25) is 47.9 Å². The number of aliphatic hydroxyl groups excluding tert-OH is 2. The molecule has 0 saturated carbocycles. The summed E-state index contributed by atoms with van der Waals surface area (Å²) in [4.78, 5) is 138. The van der Waals surface area contributed by atoms with Crippen LogP contribution in [0, 0.1) is 11.8 Å². The number of primary amides is 2. The van der Waals surface area contributed by atoms with Crippen LogP contribution < -0.4 is 43.4 Å². The van der Waals surface area contributed by atoms with Crippen molar-refractivity contribution >= 4 is 59.1 Å². The number of hydrogen-bond acceptors (Lipinski definition) is 13. The number of allylic oxidation sites excluding steroid dienone is 1. The first kappa shape index (κ1) is 53.9. The lowest BCUT2D eigenvalue weighted by Gasteiger charge is -2.33. The number of amides is 10. The summed E-state index contributed by atoms with van der Waals surface area (Å²) >= 11 is 0. The van der Waals surface area contributed by atoms with Crippen molar-refractivity contribution in [1.82, 2.24) is 41.7 Å². The van der Waals surface area contributed by atoms with Crippen LogP contribution in [-0.4, -0.2) is 161 Å². The molecule has 2 aliphatic heterocycles. The summed E-state index contributed by atoms with van der Waals surface area (Å²) in [7, 11) is 2.37. The molecular formula is C43H64N10O13. The van der Waals surface area contributed by atoms with Crippen molar-refractivity contribution in [2.75, 3.05) is 27.2 Å². The molecule has 0 aliphatic carbocycles. The van der Waals surface area contributed by atoms with Crippen molar-refractivity contribution in [1.29, 1.82) is 0 Å². The molecule has 2 heterocycles. The lowest BCUT2D eigenvalue weighted by atomic mass is 9.98. The molecule has 2 fully saturated rings. The van der Waals surface area contributed by atoms with Crippen molar-refractivity contribution in [3.05, 3.63) is 47.7 Å². The van der Waals surface area contributed by atoms with Gasteiger partial charge in [0.25, 0.3) is 11.8 Å². The lowest BCUT2D eigenvalue weighted by molar-refractivity contribution is -0.146. The first-order valence-corrected chi connectivity index (χ1v) is 21.5. The predicted octanol–water partition coefficient (Wildman–Crippen LogP) is -4.06. The third-order valence-corrected chi connectivity index (χ3v) is 11.2. The minimum Gasteiger partial charge on any atom is -0.381 e. The second-order valence-electron chi connectivity index (χ2n) is 17.0. The second-order valence-corrected chi connectivity index (χ2v) is 17.0. The number of carbonyl (C=O) groups excluding carboxylic acids is 10. The van der Waals surface area contributed by atoms with Crippen LogP contribution in [-0.2, 0) is 59.1 Å². The quantitative estimate of drug-likeness (QED) is 0.0946. The molecule has 0 unspecified atom stereocenters. The SMILES string of the molecule is C/C=C1/NC(=O)[C@H](O)[C@H](CCC(C)C)NC(=O)[C@H](CC(N)=O)NC(=O)[C@H](Cc2ccccc2)NC(=O)[C@@H]2C[C@H](C)CN2C(=O)[C@H]([C@@H](C)OC)NC(=O)[C@@H]([C@H](O)C(N)=O)NC(=O)CN(C)C1=O. The number of likely N-dealkylation sites (N-methyl/N-ethyl adjacent to an activating group) is 1. The standard InChI is InChI=1S/C43H64N10O13/c1-8-25-42(64)52(6)20-31(55)50-33(35(57)36(45)58)40(62)51-32(23(5)66-7)43(65)53-19-22(4)16-29(53)39(61)49-27(17-24-12-10-9-11-13-24)37(59)48-28(18-30(44)54)38(60)47-26(15-14-21(2)3)34(56)41(63)46-25/h8-13,21-23,26-29,32-35,56-57H,14-20H2,1-7H3,(H2,44,54)(H2,45,58)(H,46,63)(H,47,60)(H,48,59)(H,49,61)(H,50,55)(H,51,62)/b25-8+/t22-,23+,26-,27-,28-,29-,32-,33+,34+,35-/m0/s1. The lowest BCUT2D eigenvalue weighted by Crippen LogP contribution is -2.64. The molecule has 66 heavy (non-hydrogen) atoms. The van der Waals surface area contributed by atoms with Crippen LogP contribution in [0.2, 0.25) is 0 Å². The summed E-state index contributed by atoms with van der Waals surface area (Å²) in [5, 5.41) is 36.6. The number of benzene rings is 1. The minimum atomic E-state index is -2.36. The van der Waals surface area contributed by atoms with E-state index >= 15 is 0 Å². The van der Waals surface area contributed by atoms with Gasteiger partial charge in [0, 0.05) is 27.1 Å². The van der Waals surface area contributed by atoms with E-state index in [0.717, 1.165) is 22.9 Å². The number of rotatable bonds is 11. The molecule has 0 bridgehead atoms. The molecule has 3 rings (SSSR count). The van der Waals surface area contributed by atoms with Gasteiger partial charge >= 0.3 is 0 Å². The minimum absolute atomic E-state index is 0.00154. The summed E-state index contributed by atoms with van der Waals surface area (Å²) in [6.07, 6.45) is -4.82. The van der Waals surface area contributed by atoms with Crippen molar-refractivity contribution in [2.24, 2.45) is 23.3 Å². The number of nitrogens with zero attached hydrogens (tertiary/aromatic N) is 2. The largest absolute Gasteiger partial charge is 0.381 e. The fourth-order valence-electron chi connectivity index (χ4n) is 7.39. The molecule has 0 aromatic heterocycles. The fraction of sp³-hybridized carbons (Fsp3) is 0.581. The van der Waals surface area contributed by atoms with E-state index in [1.807, 2.05) is 13.8 Å². The van der Waals surface area contributed by atoms with E-state index in [4.69, 9.17) is 16.2 Å². The monoisotopic (exact) mass is 928 g/mol. The molecule has 23 nitrogen and oxygen atoms in total. The molecular weight excluding hydrogens is 865 g/mol. The van der Waals surface area contributed by atoms with Crippen molar-refractivity contribution in [3.8, 4) is 0 Å². The average molecular weight is 929 g/mol. The van der Waals surface area contributed by atoms with Crippen LogP contribution in [0.4, 0.5) is 0 Å². The van der Waals surface area contributed by atoms with E-state index in [0.29, 0.717) is 12.0 Å². The Morgan fingerprint density at radius 2 is 1.48 bits per heavy atom. The Labute approximate surface area is 382 Å². The number of aliphatic hydroxyl groups is 2. The number of nitrogens with two attached hydrogens (primary N) is 2. The number of nitrogens with one attached hydrogen (secondary N) is 6. The molecule has 12 N–H and O–H groups in total. The maximum absolute atomic E-state index is 14.4. The summed E-state index contributed by atoms with van der Waals surface area (Å²) < 4.78 is 5.40. The van der Waals surface area contributed by atoms with Crippen molar-refractivity contribution in [3.63, 3.8) is 0 Å². The summed E-state index contributed by atoms with van der Waals surface area (Å²) in [5.74, 6) is -10.9. The van der Waals surface area contributed by atoms with Crippen LogP contribution >= 0.6 is 0 Å². The molecule has 2 aliphatic rings. The Bertz CT molecular complexity index is 2000. The third-order valence-electron chi connectivity index (χ3n) is 11.2. The molecule has 0 spiro atoms. The second kappa shape index (κ2) is 24.7. The Morgan fingerprint density at radius 3 is 2.06 bits per heavy atom. The van der Waals surface area contributed by atoms with Gasteiger partial charge in [-0.2, -0.15) is 0 Å². The van der Waals surface area contributed by atoms with E-state index < -0.39 is 132 Å². The van der Waals surface area contributed by atoms with Crippen LogP contribution in [0.1, 0.15) is 65.9 Å². The van der Waals surface area contributed by atoms with Crippen LogP contribution in [0.3, 0.4) is 0 Å². The summed E-state index contributed by atoms with van der Waals surface area (Å²) in [6.45, 7) is 7.36. The molecule has 10 amide bonds. The zero-order valence-corrected chi connectivity index (χ0v) is 38.2. The first-order valence-electron chi connectivity index (χ1n) is 21.5. The van der Waals surface area contributed by atoms with Crippen LogP contribution in [0.25, 0.3) is 0 Å². The third kappa shape index (κ3) is 15.1. The Morgan fingerprint density at radius 1 is 0.864 bits per heavy atom. The summed E-state index contributed by atoms with van der Waals surface area (Å²) in [5.41, 5.74) is 11.0. The van der Waals surface area contributed by atoms with Crippen molar-refractivity contribution < 1.29 is 62.9 Å². The highest BCUT2D eigenvalue weighted by Gasteiger charge is 2.45. The van der Waals surface area contributed by atoms with Gasteiger partial charge in [0.1, 0.15) is 35.9 Å². The van der Waals surface area contributed by atoms with E-state index in [2.05, 4.69) is 31.9 Å². The highest BCUT2D eigenvalue weighted by atomic mass is 16.5. The average Bonchev–Trinajstić information content (AvgIpc) is 3.67. The van der Waals surface area contributed by atoms with Gasteiger partial charge in [0.2, 0.25) is 47.3 Å². The van der Waals surface area contributed by atoms with Gasteiger partial charge in [-0.1, -0.05) is 57.2 Å². The molecule has 0 radical (unpaired) electrons. The Hall–Kier alpha value is -6.46. The number of carbonyl (C=O) groups is 10. The van der Waals surface area contributed by atoms with Gasteiger partial charge < -0.3 is 68.1 Å². The van der Waals surface area contributed by atoms with E-state index in [-0.39, 0.29) is 37.6 Å². The number of ether oxygens (including phenoxy) is 1. The zero-order valence-electron chi connectivity index (χ0n) is 38.2. The normalized spacial score (nSPS) is 27.6. The van der Waals surface area contributed by atoms with Gasteiger partial charge in [0.15, 0.2) is 12.2 Å². The zero-order chi connectivity index (χ0) is 49.6.